The van der Waals surface area contributed by atoms with E-state index in [2.05, 4.69) is 15.0 Å². The molecule has 0 saturated carbocycles. The average molecular weight is 465 g/mol. The third-order valence-electron chi connectivity index (χ3n) is 5.61. The van der Waals surface area contributed by atoms with Gasteiger partial charge in [-0.15, -0.1) is 0 Å². The first-order valence-electron chi connectivity index (χ1n) is 10.2. The number of carbonyl (C=O) groups is 3. The molecule has 1 spiro atoms. The van der Waals surface area contributed by atoms with E-state index in [0.29, 0.717) is 25.3 Å². The van der Waals surface area contributed by atoms with Crippen LogP contribution in [0.25, 0.3) is 0 Å². The fourth-order valence-electron chi connectivity index (χ4n) is 4.01. The molecule has 2 aliphatic rings. The molecule has 4 heterocycles. The maximum absolute atomic E-state index is 13.1. The van der Waals surface area contributed by atoms with Gasteiger partial charge in [0.1, 0.15) is 5.69 Å². The second-order valence-corrected chi connectivity index (χ2v) is 7.84. The molecule has 2 aliphatic heterocycles. The number of rotatable bonds is 3. The highest BCUT2D eigenvalue weighted by molar-refractivity contribution is 5.93. The Bertz CT molecular complexity index is 990. The lowest BCUT2D eigenvalue weighted by Gasteiger charge is -2.38. The van der Waals surface area contributed by atoms with Crippen LogP contribution in [0.3, 0.4) is 0 Å². The van der Waals surface area contributed by atoms with E-state index in [0.717, 1.165) is 31.4 Å². The molecular weight excluding hydrogens is 443 g/mol. The van der Waals surface area contributed by atoms with Gasteiger partial charge in [0.15, 0.2) is 0 Å². The van der Waals surface area contributed by atoms with Gasteiger partial charge in [-0.1, -0.05) is 0 Å². The van der Waals surface area contributed by atoms with Crippen LogP contribution < -0.4 is 0 Å². The number of carboxylic acid groups (broad SMARTS) is 1. The Balaban J connectivity index is 0.000000383. The summed E-state index contributed by atoms with van der Waals surface area (Å²) in [6.07, 6.45) is 5.41. The first-order chi connectivity index (χ1) is 15.6. The molecule has 0 aromatic carbocycles. The maximum atomic E-state index is 13.1. The molecule has 1 unspecified atom stereocenters. The number of halogens is 3. The number of amides is 2. The monoisotopic (exact) mass is 465 g/mol. The molecule has 1 N–H and O–H groups in total. The van der Waals surface area contributed by atoms with E-state index < -0.39 is 17.6 Å². The largest absolute Gasteiger partial charge is 0.490 e. The molecule has 2 fully saturated rings. The highest BCUT2D eigenvalue weighted by Gasteiger charge is 2.49. The second-order valence-electron chi connectivity index (χ2n) is 7.84. The molecule has 1 atom stereocenters. The van der Waals surface area contributed by atoms with Crippen molar-refractivity contribution < 1.29 is 32.7 Å². The number of pyridine rings is 1. The molecule has 176 valence electrons. The first-order valence-corrected chi connectivity index (χ1v) is 10.2. The number of hydrogen-bond donors (Lipinski definition) is 1. The van der Waals surface area contributed by atoms with Crippen molar-refractivity contribution in [2.24, 2.45) is 5.41 Å². The van der Waals surface area contributed by atoms with Gasteiger partial charge in [-0.05, 0) is 37.0 Å². The predicted molar refractivity (Wildman–Crippen MR) is 108 cm³/mol. The van der Waals surface area contributed by atoms with Gasteiger partial charge < -0.3 is 14.9 Å². The summed E-state index contributed by atoms with van der Waals surface area (Å²) in [4.78, 5) is 50.5. The summed E-state index contributed by atoms with van der Waals surface area (Å²) in [6.45, 7) is 2.46. The van der Waals surface area contributed by atoms with Gasteiger partial charge in [-0.25, -0.2) is 9.78 Å². The molecule has 0 bridgehead atoms. The lowest BCUT2D eigenvalue weighted by atomic mass is 9.78. The fourth-order valence-corrected chi connectivity index (χ4v) is 4.01. The molecule has 2 aromatic heterocycles. The van der Waals surface area contributed by atoms with E-state index >= 15 is 0 Å². The summed E-state index contributed by atoms with van der Waals surface area (Å²) in [5.74, 6) is -2.74. The van der Waals surface area contributed by atoms with E-state index in [1.807, 2.05) is 17.0 Å². The summed E-state index contributed by atoms with van der Waals surface area (Å²) in [6, 6.07) is 3.87. The fraction of sp³-hybridized carbons (Fsp3) is 0.429. The highest BCUT2D eigenvalue weighted by atomic mass is 19.4. The van der Waals surface area contributed by atoms with Crippen molar-refractivity contribution in [3.05, 3.63) is 54.4 Å². The minimum absolute atomic E-state index is 0.141. The number of aliphatic carboxylic acids is 1. The second kappa shape index (κ2) is 9.92. The highest BCUT2D eigenvalue weighted by Crippen LogP contribution is 2.40. The van der Waals surface area contributed by atoms with Gasteiger partial charge in [0.05, 0.1) is 11.6 Å². The van der Waals surface area contributed by atoms with Crippen molar-refractivity contribution >= 4 is 17.8 Å². The first kappa shape index (κ1) is 24.1. The number of carbonyl (C=O) groups excluding carboxylic acids is 2. The Morgan fingerprint density at radius 2 is 1.76 bits per heavy atom. The molecule has 9 nitrogen and oxygen atoms in total. The van der Waals surface area contributed by atoms with Crippen LogP contribution in [0.4, 0.5) is 13.2 Å². The van der Waals surface area contributed by atoms with Crippen molar-refractivity contribution in [1.29, 1.82) is 0 Å². The maximum Gasteiger partial charge on any atom is 0.490 e. The van der Waals surface area contributed by atoms with Gasteiger partial charge >= 0.3 is 12.1 Å². The molecule has 33 heavy (non-hydrogen) atoms. The van der Waals surface area contributed by atoms with Crippen molar-refractivity contribution in [1.82, 2.24) is 24.8 Å². The zero-order valence-corrected chi connectivity index (χ0v) is 17.5. The van der Waals surface area contributed by atoms with Gasteiger partial charge in [0, 0.05) is 51.0 Å². The normalized spacial score (nSPS) is 20.4. The van der Waals surface area contributed by atoms with Gasteiger partial charge in [-0.3, -0.25) is 19.6 Å². The Morgan fingerprint density at radius 1 is 1.06 bits per heavy atom. The van der Waals surface area contributed by atoms with Crippen LogP contribution in [0.5, 0.6) is 0 Å². The molecule has 2 amide bonds. The van der Waals surface area contributed by atoms with E-state index in [4.69, 9.17) is 9.90 Å². The minimum atomic E-state index is -5.08. The molecule has 0 radical (unpaired) electrons. The predicted octanol–water partition coefficient (Wildman–Crippen LogP) is 2.16. The topological polar surface area (TPSA) is 117 Å². The summed E-state index contributed by atoms with van der Waals surface area (Å²) < 4.78 is 31.7. The van der Waals surface area contributed by atoms with Crippen molar-refractivity contribution in [2.75, 3.05) is 19.6 Å². The molecule has 2 aromatic rings. The van der Waals surface area contributed by atoms with Crippen LogP contribution in [-0.2, 0) is 16.1 Å². The Labute approximate surface area is 187 Å². The Morgan fingerprint density at radius 3 is 2.36 bits per heavy atom. The van der Waals surface area contributed by atoms with E-state index in [-0.39, 0.29) is 11.8 Å². The van der Waals surface area contributed by atoms with Crippen molar-refractivity contribution in [2.45, 2.75) is 32.0 Å². The average Bonchev–Trinajstić information content (AvgIpc) is 3.09. The number of nitrogens with zero attached hydrogens (tertiary/aromatic N) is 5. The summed E-state index contributed by atoms with van der Waals surface area (Å²) >= 11 is 0. The number of alkyl halides is 3. The third-order valence-corrected chi connectivity index (χ3v) is 5.61. The molecule has 0 aliphatic carbocycles. The molecule has 4 rings (SSSR count). The minimum Gasteiger partial charge on any atom is -0.475 e. The van der Waals surface area contributed by atoms with Gasteiger partial charge in [0.2, 0.25) is 5.91 Å². The number of likely N-dealkylation sites (tertiary alicyclic amines) is 2. The summed E-state index contributed by atoms with van der Waals surface area (Å²) in [5.41, 5.74) is 0.959. The van der Waals surface area contributed by atoms with E-state index in [1.165, 1.54) is 12.4 Å². The van der Waals surface area contributed by atoms with E-state index in [9.17, 15) is 22.8 Å². The van der Waals surface area contributed by atoms with E-state index in [1.54, 1.807) is 23.5 Å². The van der Waals surface area contributed by atoms with Crippen molar-refractivity contribution in [3.63, 3.8) is 0 Å². The third kappa shape index (κ3) is 5.82. The van der Waals surface area contributed by atoms with Crippen LogP contribution in [-0.4, -0.2) is 73.5 Å². The molecular formula is C21H22F3N5O4. The zero-order chi connectivity index (χ0) is 24.1. The zero-order valence-electron chi connectivity index (χ0n) is 17.5. The van der Waals surface area contributed by atoms with Crippen LogP contribution in [0, 0.1) is 5.41 Å². The van der Waals surface area contributed by atoms with Crippen LogP contribution in [0.2, 0.25) is 0 Å². The Hall–Kier alpha value is -3.57. The molecule has 12 heteroatoms. The van der Waals surface area contributed by atoms with Crippen LogP contribution in [0.15, 0.2) is 43.1 Å². The number of carboxylic acids is 1. The number of aromatic nitrogens is 3. The van der Waals surface area contributed by atoms with Crippen molar-refractivity contribution in [3.8, 4) is 0 Å². The quantitative estimate of drug-likeness (QED) is 0.738. The lowest BCUT2D eigenvalue weighted by Crippen LogP contribution is -2.49. The smallest absolute Gasteiger partial charge is 0.475 e. The lowest BCUT2D eigenvalue weighted by molar-refractivity contribution is -0.192. The van der Waals surface area contributed by atoms with Crippen LogP contribution in [0.1, 0.15) is 35.3 Å². The number of piperidine rings is 1. The summed E-state index contributed by atoms with van der Waals surface area (Å²) in [5, 5.41) is 7.12. The van der Waals surface area contributed by atoms with Gasteiger partial charge in [-0.2, -0.15) is 13.2 Å². The number of hydrogen-bond acceptors (Lipinski definition) is 6. The Kier molecular flexibility index (Phi) is 7.24. The SMILES string of the molecule is O=C(O)C(F)(F)F.O=C(c1cnccn1)N1CCCC2(CCN(Cc3ccncc3)C2=O)C1. The van der Waals surface area contributed by atoms with Gasteiger partial charge in [0.25, 0.3) is 5.91 Å². The standard InChI is InChI=1S/C19H21N5O2.C2HF3O2/c25-17(16-12-21-8-9-22-16)24-10-1-4-19(14-24)5-11-23(18(19)26)13-15-2-6-20-7-3-15;3-2(4,5)1(6)7/h2-3,6-9,12H,1,4-5,10-11,13-14H2;(H,6,7). The molecule has 2 saturated heterocycles. The summed E-state index contributed by atoms with van der Waals surface area (Å²) in [7, 11) is 0. The van der Waals surface area contributed by atoms with Crippen LogP contribution >= 0.6 is 0 Å².